The number of aryl methyl sites for hydroxylation is 1. The van der Waals surface area contributed by atoms with E-state index in [0.29, 0.717) is 25.1 Å². The third-order valence-electron chi connectivity index (χ3n) is 3.73. The summed E-state index contributed by atoms with van der Waals surface area (Å²) in [5.41, 5.74) is 7.45. The van der Waals surface area contributed by atoms with E-state index in [0.717, 1.165) is 12.0 Å². The highest BCUT2D eigenvalue weighted by molar-refractivity contribution is 5.30. The molecule has 0 aliphatic rings. The molecule has 0 saturated carbocycles. The summed E-state index contributed by atoms with van der Waals surface area (Å²) in [5, 5.41) is 20.0. The Morgan fingerprint density at radius 3 is 2.48 bits per heavy atom. The summed E-state index contributed by atoms with van der Waals surface area (Å²) < 4.78 is 5.63. The first-order valence-corrected chi connectivity index (χ1v) is 8.02. The van der Waals surface area contributed by atoms with Crippen molar-refractivity contribution in [3.63, 3.8) is 0 Å². The van der Waals surface area contributed by atoms with E-state index >= 15 is 0 Å². The van der Waals surface area contributed by atoms with Crippen LogP contribution in [0.25, 0.3) is 0 Å². The van der Waals surface area contributed by atoms with Crippen LogP contribution in [-0.4, -0.2) is 29.5 Å². The van der Waals surface area contributed by atoms with Crippen LogP contribution in [0.4, 0.5) is 0 Å². The number of hydrogen-bond acceptors (Lipinski definition) is 4. The van der Waals surface area contributed by atoms with E-state index in [2.05, 4.69) is 12.1 Å². The minimum Gasteiger partial charge on any atom is -0.491 e. The average molecular weight is 315 g/mol. The Morgan fingerprint density at radius 2 is 1.74 bits per heavy atom. The van der Waals surface area contributed by atoms with E-state index in [-0.39, 0.29) is 6.61 Å². The average Bonchev–Trinajstić information content (AvgIpc) is 2.59. The number of hydrogen-bond donors (Lipinski definition) is 3. The molecule has 0 aliphatic carbocycles. The Bertz CT molecular complexity index is 574. The minimum atomic E-state index is -0.577. The van der Waals surface area contributed by atoms with Crippen molar-refractivity contribution in [1.29, 1.82) is 0 Å². The summed E-state index contributed by atoms with van der Waals surface area (Å²) in [7, 11) is 0. The van der Waals surface area contributed by atoms with Gasteiger partial charge in [0.25, 0.3) is 0 Å². The van der Waals surface area contributed by atoms with E-state index in [1.54, 1.807) is 6.07 Å². The van der Waals surface area contributed by atoms with Crippen molar-refractivity contribution in [3.8, 4) is 5.75 Å². The van der Waals surface area contributed by atoms with E-state index in [1.165, 1.54) is 5.56 Å². The van der Waals surface area contributed by atoms with Crippen LogP contribution < -0.4 is 10.5 Å². The fraction of sp³-hybridized carbons (Fsp3) is 0.368. The molecule has 0 fully saturated rings. The zero-order valence-electron chi connectivity index (χ0n) is 13.3. The van der Waals surface area contributed by atoms with E-state index in [4.69, 9.17) is 10.5 Å². The smallest absolute Gasteiger partial charge is 0.119 e. The molecule has 2 rings (SSSR count). The summed E-state index contributed by atoms with van der Waals surface area (Å²) in [6, 6.07) is 17.4. The van der Waals surface area contributed by atoms with Crippen LogP contribution >= 0.6 is 0 Å². The minimum absolute atomic E-state index is 0.239. The molecule has 0 aliphatic heterocycles. The van der Waals surface area contributed by atoms with Crippen LogP contribution in [0.5, 0.6) is 5.75 Å². The van der Waals surface area contributed by atoms with Gasteiger partial charge in [0.2, 0.25) is 0 Å². The van der Waals surface area contributed by atoms with Gasteiger partial charge in [0.1, 0.15) is 12.4 Å². The number of aliphatic hydroxyl groups is 2. The van der Waals surface area contributed by atoms with Gasteiger partial charge in [-0.2, -0.15) is 0 Å². The molecule has 4 heteroatoms. The second-order valence-corrected chi connectivity index (χ2v) is 5.65. The van der Waals surface area contributed by atoms with Crippen LogP contribution in [0.1, 0.15) is 30.1 Å². The van der Waals surface area contributed by atoms with Crippen molar-refractivity contribution in [3.05, 3.63) is 65.7 Å². The van der Waals surface area contributed by atoms with Crippen molar-refractivity contribution in [1.82, 2.24) is 0 Å². The highest BCUT2D eigenvalue weighted by atomic mass is 16.5. The highest BCUT2D eigenvalue weighted by Crippen LogP contribution is 2.21. The molecular formula is C19H25NO3. The van der Waals surface area contributed by atoms with Crippen molar-refractivity contribution < 1.29 is 14.9 Å². The monoisotopic (exact) mass is 315 g/mol. The molecule has 2 unspecified atom stereocenters. The van der Waals surface area contributed by atoms with E-state index < -0.39 is 12.2 Å². The maximum Gasteiger partial charge on any atom is 0.119 e. The number of aliphatic hydroxyl groups excluding tert-OH is 2. The van der Waals surface area contributed by atoms with Gasteiger partial charge in [-0.25, -0.2) is 0 Å². The van der Waals surface area contributed by atoms with Crippen LogP contribution in [0.3, 0.4) is 0 Å². The van der Waals surface area contributed by atoms with Gasteiger partial charge in [0.15, 0.2) is 0 Å². The maximum absolute atomic E-state index is 10.0. The maximum atomic E-state index is 10.0. The number of benzene rings is 2. The van der Waals surface area contributed by atoms with Crippen molar-refractivity contribution >= 4 is 0 Å². The lowest BCUT2D eigenvalue weighted by atomic mass is 10.1. The Kier molecular flexibility index (Phi) is 7.07. The third kappa shape index (κ3) is 6.02. The Morgan fingerprint density at radius 1 is 0.957 bits per heavy atom. The summed E-state index contributed by atoms with van der Waals surface area (Å²) in [4.78, 5) is 0. The molecule has 0 spiro atoms. The molecule has 2 atom stereocenters. The Balaban J connectivity index is 1.79. The van der Waals surface area contributed by atoms with Gasteiger partial charge in [0, 0.05) is 0 Å². The normalized spacial score (nSPS) is 13.5. The number of nitrogens with two attached hydrogens (primary N) is 1. The van der Waals surface area contributed by atoms with Gasteiger partial charge in [-0.15, -0.1) is 0 Å². The number of ether oxygens (including phenoxy) is 1. The first kappa shape index (κ1) is 17.5. The predicted molar refractivity (Wildman–Crippen MR) is 91.3 cm³/mol. The third-order valence-corrected chi connectivity index (χ3v) is 3.73. The SMILES string of the molecule is NCCC(O)c1cccc(OCC(O)CCc2ccccc2)c1. The lowest BCUT2D eigenvalue weighted by molar-refractivity contribution is 0.0999. The molecule has 124 valence electrons. The van der Waals surface area contributed by atoms with Crippen LogP contribution in [0, 0.1) is 0 Å². The second kappa shape index (κ2) is 9.30. The lowest BCUT2D eigenvalue weighted by Gasteiger charge is -2.14. The molecule has 0 aromatic heterocycles. The summed E-state index contributed by atoms with van der Waals surface area (Å²) in [5.74, 6) is 0.650. The van der Waals surface area contributed by atoms with Gasteiger partial charge in [-0.3, -0.25) is 0 Å². The second-order valence-electron chi connectivity index (χ2n) is 5.65. The summed E-state index contributed by atoms with van der Waals surface area (Å²) >= 11 is 0. The molecule has 2 aromatic carbocycles. The van der Waals surface area contributed by atoms with Crippen molar-refractivity contribution in [2.24, 2.45) is 5.73 Å². The molecule has 2 aromatic rings. The standard InChI is InChI=1S/C19H25NO3/c20-12-11-19(22)16-7-4-8-18(13-16)23-14-17(21)10-9-15-5-2-1-3-6-15/h1-8,13,17,19,21-22H,9-12,14,20H2. The van der Waals surface area contributed by atoms with Crippen molar-refractivity contribution in [2.45, 2.75) is 31.5 Å². The van der Waals surface area contributed by atoms with Crippen LogP contribution in [0.2, 0.25) is 0 Å². The summed E-state index contributed by atoms with van der Waals surface area (Å²) in [6.45, 7) is 0.674. The van der Waals surface area contributed by atoms with Gasteiger partial charge < -0.3 is 20.7 Å². The largest absolute Gasteiger partial charge is 0.491 e. The molecule has 0 bridgehead atoms. The van der Waals surface area contributed by atoms with E-state index in [9.17, 15) is 10.2 Å². The van der Waals surface area contributed by atoms with Crippen molar-refractivity contribution in [2.75, 3.05) is 13.2 Å². The van der Waals surface area contributed by atoms with Gasteiger partial charge in [-0.05, 0) is 49.1 Å². The molecule has 0 heterocycles. The lowest BCUT2D eigenvalue weighted by Crippen LogP contribution is -2.18. The highest BCUT2D eigenvalue weighted by Gasteiger charge is 2.09. The topological polar surface area (TPSA) is 75.7 Å². The van der Waals surface area contributed by atoms with Gasteiger partial charge >= 0.3 is 0 Å². The van der Waals surface area contributed by atoms with Crippen LogP contribution in [-0.2, 0) is 6.42 Å². The van der Waals surface area contributed by atoms with Gasteiger partial charge in [0.05, 0.1) is 12.2 Å². The molecule has 4 nitrogen and oxygen atoms in total. The fourth-order valence-electron chi connectivity index (χ4n) is 2.39. The van der Waals surface area contributed by atoms with Crippen LogP contribution in [0.15, 0.2) is 54.6 Å². The van der Waals surface area contributed by atoms with Gasteiger partial charge in [-0.1, -0.05) is 42.5 Å². The molecule has 0 amide bonds. The molecule has 0 saturated heterocycles. The first-order chi connectivity index (χ1) is 11.2. The van der Waals surface area contributed by atoms with E-state index in [1.807, 2.05) is 36.4 Å². The zero-order valence-corrected chi connectivity index (χ0v) is 13.3. The predicted octanol–water partition coefficient (Wildman–Crippen LogP) is 2.44. The number of rotatable bonds is 9. The molecule has 4 N–H and O–H groups in total. The molecular weight excluding hydrogens is 290 g/mol. The first-order valence-electron chi connectivity index (χ1n) is 8.02. The molecule has 23 heavy (non-hydrogen) atoms. The Labute approximate surface area is 137 Å². The molecule has 0 radical (unpaired) electrons. The Hall–Kier alpha value is -1.88. The zero-order chi connectivity index (χ0) is 16.5. The summed E-state index contributed by atoms with van der Waals surface area (Å²) in [6.07, 6.45) is 0.892. The fourth-order valence-corrected chi connectivity index (χ4v) is 2.39. The quantitative estimate of drug-likeness (QED) is 0.664.